The molecule has 272 valence electrons. The monoisotopic (exact) mass is 720 g/mol. The second kappa shape index (κ2) is 18.8. The van der Waals surface area contributed by atoms with Crippen LogP contribution in [0.5, 0.6) is 23.0 Å². The summed E-state index contributed by atoms with van der Waals surface area (Å²) in [4.78, 5) is 11.7. The number of aliphatic hydroxyl groups is 1. The number of phenolic OH excluding ortho intramolecular Hbond substituents is 1. The molecule has 0 bridgehead atoms. The zero-order valence-corrected chi connectivity index (χ0v) is 29.8. The number of hydrogen-bond acceptors (Lipinski definition) is 12. The second-order valence-corrected chi connectivity index (χ2v) is 13.2. The second-order valence-electron chi connectivity index (χ2n) is 11.2. The standard InChI is InChI=1S/C38H44N2O10S/c1-5-46-36(37(47-6-2)29-13-19-33(32(42)23-29)48-24-28-10-8-7-9-11-28)25-51(44,45)21-20-27-12-18-34(49-26(3)41)35(22-27)50-38(43)40-31-16-14-30(39-4)15-17-31/h7-23,36-40,42-43H,5-6,24-25H2,1-4H3/b21-20+. The summed E-state index contributed by atoms with van der Waals surface area (Å²) in [5.74, 6) is -0.854. The van der Waals surface area contributed by atoms with Crippen LogP contribution in [0.15, 0.2) is 96.4 Å². The Morgan fingerprint density at radius 3 is 2.20 bits per heavy atom. The van der Waals surface area contributed by atoms with Gasteiger partial charge in [0.25, 0.3) is 6.41 Å². The molecular formula is C38H44N2O10S. The largest absolute Gasteiger partial charge is 0.504 e. The van der Waals surface area contributed by atoms with Crippen LogP contribution in [0.3, 0.4) is 0 Å². The lowest BCUT2D eigenvalue weighted by Gasteiger charge is -2.27. The van der Waals surface area contributed by atoms with Gasteiger partial charge in [0.05, 0.1) is 5.75 Å². The van der Waals surface area contributed by atoms with Crippen LogP contribution in [0.1, 0.15) is 43.6 Å². The third-order valence-corrected chi connectivity index (χ3v) is 8.75. The molecule has 0 aromatic heterocycles. The molecule has 13 heteroatoms. The van der Waals surface area contributed by atoms with Gasteiger partial charge in [0.2, 0.25) is 0 Å². The Morgan fingerprint density at radius 1 is 0.863 bits per heavy atom. The lowest BCUT2D eigenvalue weighted by atomic mass is 10.0. The highest BCUT2D eigenvalue weighted by Crippen LogP contribution is 2.34. The third-order valence-electron chi connectivity index (χ3n) is 7.40. The summed E-state index contributed by atoms with van der Waals surface area (Å²) in [6, 6.07) is 25.8. The van der Waals surface area contributed by atoms with Crippen molar-refractivity contribution in [3.05, 3.63) is 113 Å². The number of nitrogens with one attached hydrogen (secondary N) is 2. The van der Waals surface area contributed by atoms with Crippen LogP contribution in [-0.4, -0.2) is 63.1 Å². The molecule has 4 N–H and O–H groups in total. The van der Waals surface area contributed by atoms with Gasteiger partial charge < -0.3 is 44.5 Å². The SMILES string of the molecule is CCOC(CS(=O)(=O)/C=C/c1ccc(OC(C)=O)c(OC(O)Nc2ccc(NC)cc2)c1)C(OCC)c1ccc(OCc2ccccc2)c(O)c1. The molecule has 0 fully saturated rings. The Hall–Kier alpha value is -5.08. The van der Waals surface area contributed by atoms with Crippen LogP contribution in [0.4, 0.5) is 11.4 Å². The lowest BCUT2D eigenvalue weighted by molar-refractivity contribution is -0.132. The van der Waals surface area contributed by atoms with Crippen LogP contribution >= 0.6 is 0 Å². The summed E-state index contributed by atoms with van der Waals surface area (Å²) in [5, 5.41) is 28.2. The van der Waals surface area contributed by atoms with Crippen molar-refractivity contribution in [1.82, 2.24) is 0 Å². The average Bonchev–Trinajstić information content (AvgIpc) is 3.10. The first-order valence-electron chi connectivity index (χ1n) is 16.4. The first-order valence-corrected chi connectivity index (χ1v) is 18.1. The molecule has 0 saturated carbocycles. The molecule has 0 spiro atoms. The van der Waals surface area contributed by atoms with E-state index in [1.54, 1.807) is 63.4 Å². The summed E-state index contributed by atoms with van der Waals surface area (Å²) in [6.07, 6.45) is -1.92. The maximum Gasteiger partial charge on any atom is 0.308 e. The van der Waals surface area contributed by atoms with Crippen LogP contribution in [0.25, 0.3) is 6.08 Å². The summed E-state index contributed by atoms with van der Waals surface area (Å²) in [7, 11) is -2.12. The Kier molecular flexibility index (Phi) is 14.3. The van der Waals surface area contributed by atoms with Crippen molar-refractivity contribution in [2.75, 3.05) is 36.6 Å². The molecule has 0 radical (unpaired) electrons. The van der Waals surface area contributed by atoms with Gasteiger partial charge >= 0.3 is 5.97 Å². The predicted molar refractivity (Wildman–Crippen MR) is 195 cm³/mol. The van der Waals surface area contributed by atoms with Crippen molar-refractivity contribution >= 4 is 33.3 Å². The number of rotatable bonds is 19. The van der Waals surface area contributed by atoms with E-state index < -0.39 is 40.2 Å². The van der Waals surface area contributed by atoms with Gasteiger partial charge in [-0.3, -0.25) is 4.79 Å². The number of phenols is 1. The fraction of sp³-hybridized carbons (Fsp3) is 0.289. The average molecular weight is 721 g/mol. The van der Waals surface area contributed by atoms with E-state index in [1.807, 2.05) is 30.3 Å². The number of carbonyl (C=O) groups excluding carboxylic acids is 1. The molecule has 3 atom stereocenters. The molecule has 51 heavy (non-hydrogen) atoms. The Bertz CT molecular complexity index is 1850. The van der Waals surface area contributed by atoms with E-state index in [0.29, 0.717) is 16.8 Å². The molecule has 0 aliphatic carbocycles. The smallest absolute Gasteiger partial charge is 0.308 e. The van der Waals surface area contributed by atoms with Gasteiger partial charge in [-0.05, 0) is 85.1 Å². The molecule has 3 unspecified atom stereocenters. The lowest BCUT2D eigenvalue weighted by Crippen LogP contribution is -2.31. The number of aromatic hydroxyl groups is 1. The number of hydrogen-bond donors (Lipinski definition) is 4. The zero-order chi connectivity index (χ0) is 36.8. The Morgan fingerprint density at radius 2 is 1.55 bits per heavy atom. The van der Waals surface area contributed by atoms with Gasteiger partial charge in [-0.2, -0.15) is 0 Å². The molecule has 4 rings (SSSR count). The first-order chi connectivity index (χ1) is 24.5. The van der Waals surface area contributed by atoms with Crippen molar-refractivity contribution < 1.29 is 47.1 Å². The topological polar surface area (TPSA) is 162 Å². The number of carbonyl (C=O) groups is 1. The van der Waals surface area contributed by atoms with Crippen LogP contribution in [-0.2, 0) is 30.7 Å². The molecule has 4 aromatic rings. The number of ether oxygens (including phenoxy) is 5. The number of anilines is 2. The van der Waals surface area contributed by atoms with E-state index in [4.69, 9.17) is 23.7 Å². The molecule has 4 aromatic carbocycles. The summed E-state index contributed by atoms with van der Waals surface area (Å²) in [6.45, 7) is 5.50. The van der Waals surface area contributed by atoms with Gasteiger partial charge in [0.15, 0.2) is 32.8 Å². The van der Waals surface area contributed by atoms with E-state index in [-0.39, 0.29) is 42.8 Å². The van der Waals surface area contributed by atoms with Gasteiger partial charge in [-0.25, -0.2) is 8.42 Å². The van der Waals surface area contributed by atoms with Crippen LogP contribution in [0.2, 0.25) is 0 Å². The van der Waals surface area contributed by atoms with Crippen LogP contribution < -0.4 is 24.8 Å². The minimum Gasteiger partial charge on any atom is -0.504 e. The number of benzene rings is 4. The minimum atomic E-state index is -3.91. The number of esters is 1. The molecular weight excluding hydrogens is 676 g/mol. The van der Waals surface area contributed by atoms with Crippen molar-refractivity contribution in [3.8, 4) is 23.0 Å². The fourth-order valence-electron chi connectivity index (χ4n) is 5.06. The Labute approximate surface area is 298 Å². The highest BCUT2D eigenvalue weighted by molar-refractivity contribution is 7.94. The zero-order valence-electron chi connectivity index (χ0n) is 28.9. The first kappa shape index (κ1) is 38.7. The predicted octanol–water partition coefficient (Wildman–Crippen LogP) is 6.27. The van der Waals surface area contributed by atoms with Gasteiger partial charge in [-0.1, -0.05) is 42.5 Å². The van der Waals surface area contributed by atoms with Gasteiger partial charge in [0.1, 0.15) is 18.8 Å². The summed E-state index contributed by atoms with van der Waals surface area (Å²) in [5.41, 5.74) is 3.29. The van der Waals surface area contributed by atoms with Crippen molar-refractivity contribution in [2.45, 2.75) is 46.0 Å². The molecule has 0 saturated heterocycles. The molecule has 0 aliphatic rings. The van der Waals surface area contributed by atoms with Crippen molar-refractivity contribution in [2.24, 2.45) is 0 Å². The maximum atomic E-state index is 13.4. The van der Waals surface area contributed by atoms with E-state index in [9.17, 15) is 23.4 Å². The van der Waals surface area contributed by atoms with Crippen molar-refractivity contribution in [1.29, 1.82) is 0 Å². The maximum absolute atomic E-state index is 13.4. The van der Waals surface area contributed by atoms with E-state index in [0.717, 1.165) is 16.7 Å². The van der Waals surface area contributed by atoms with Crippen LogP contribution in [0, 0.1) is 0 Å². The molecule has 0 aliphatic heterocycles. The highest BCUT2D eigenvalue weighted by atomic mass is 32.2. The highest BCUT2D eigenvalue weighted by Gasteiger charge is 2.29. The van der Waals surface area contributed by atoms with Crippen molar-refractivity contribution in [3.63, 3.8) is 0 Å². The fourth-order valence-corrected chi connectivity index (χ4v) is 6.26. The third kappa shape index (κ3) is 12.0. The van der Waals surface area contributed by atoms with Gasteiger partial charge in [-0.15, -0.1) is 0 Å². The van der Waals surface area contributed by atoms with E-state index in [1.165, 1.54) is 31.2 Å². The summed E-state index contributed by atoms with van der Waals surface area (Å²) >= 11 is 0. The quantitative estimate of drug-likeness (QED) is 0.0489. The Balaban J connectivity index is 1.50. The molecule has 12 nitrogen and oxygen atoms in total. The normalized spacial score (nSPS) is 13.3. The minimum absolute atomic E-state index is 0.00352. The number of sulfone groups is 1. The number of aliphatic hydroxyl groups excluding tert-OH is 1. The van der Waals surface area contributed by atoms with E-state index >= 15 is 0 Å². The molecule has 0 heterocycles. The van der Waals surface area contributed by atoms with Gasteiger partial charge in [0, 0.05) is 44.0 Å². The molecule has 0 amide bonds. The summed E-state index contributed by atoms with van der Waals surface area (Å²) < 4.78 is 55.4. The van der Waals surface area contributed by atoms with E-state index in [2.05, 4.69) is 10.6 Å².